The van der Waals surface area contributed by atoms with Gasteiger partial charge in [-0.15, -0.1) is 0 Å². The van der Waals surface area contributed by atoms with Crippen molar-refractivity contribution in [3.63, 3.8) is 0 Å². The van der Waals surface area contributed by atoms with Crippen molar-refractivity contribution in [1.29, 1.82) is 0 Å². The molecule has 3 rings (SSSR count). The summed E-state index contributed by atoms with van der Waals surface area (Å²) >= 11 is 0. The molecular weight excluding hydrogens is 240 g/mol. The van der Waals surface area contributed by atoms with E-state index in [1.807, 2.05) is 19.1 Å². The number of aromatic nitrogens is 4. The highest BCUT2D eigenvalue weighted by atomic mass is 16.1. The molecule has 94 valence electrons. The maximum atomic E-state index is 10.6. The molecule has 1 aromatic carbocycles. The summed E-state index contributed by atoms with van der Waals surface area (Å²) in [6, 6.07) is 6.02. The van der Waals surface area contributed by atoms with Gasteiger partial charge in [-0.3, -0.25) is 4.68 Å². The zero-order chi connectivity index (χ0) is 13.2. The first-order valence-electron chi connectivity index (χ1n) is 5.96. The fraction of sp³-hybridized carbons (Fsp3) is 0.143. The molecule has 2 heterocycles. The molecule has 0 saturated carbocycles. The summed E-state index contributed by atoms with van der Waals surface area (Å²) in [6.45, 7) is 2.22. The van der Waals surface area contributed by atoms with E-state index in [1.54, 1.807) is 17.1 Å². The number of aldehydes is 1. The predicted molar refractivity (Wildman–Crippen MR) is 71.6 cm³/mol. The van der Waals surface area contributed by atoms with Crippen LogP contribution in [0.4, 0.5) is 0 Å². The van der Waals surface area contributed by atoms with Gasteiger partial charge in [-0.2, -0.15) is 5.10 Å². The van der Waals surface area contributed by atoms with Crippen LogP contribution in [0.15, 0.2) is 36.9 Å². The highest BCUT2D eigenvalue weighted by Crippen LogP contribution is 2.25. The first-order valence-corrected chi connectivity index (χ1v) is 5.96. The van der Waals surface area contributed by atoms with Crippen molar-refractivity contribution in [2.24, 2.45) is 0 Å². The van der Waals surface area contributed by atoms with Crippen molar-refractivity contribution in [2.45, 2.75) is 13.5 Å². The van der Waals surface area contributed by atoms with Crippen molar-refractivity contribution in [3.05, 3.63) is 42.6 Å². The SMILES string of the molecule is Cc1nn(CC=O)c2ccc(-c3cncnc3)cc12. The van der Waals surface area contributed by atoms with Crippen LogP contribution in [0.1, 0.15) is 5.69 Å². The second-order valence-corrected chi connectivity index (χ2v) is 4.29. The lowest BCUT2D eigenvalue weighted by molar-refractivity contribution is -0.108. The Hall–Kier alpha value is -2.56. The minimum atomic E-state index is 0.276. The second-order valence-electron chi connectivity index (χ2n) is 4.29. The fourth-order valence-corrected chi connectivity index (χ4v) is 2.18. The molecule has 0 N–H and O–H groups in total. The van der Waals surface area contributed by atoms with Crippen LogP contribution in [0.5, 0.6) is 0 Å². The number of hydrogen-bond acceptors (Lipinski definition) is 4. The van der Waals surface area contributed by atoms with Gasteiger partial charge >= 0.3 is 0 Å². The van der Waals surface area contributed by atoms with E-state index in [0.717, 1.165) is 34.0 Å². The highest BCUT2D eigenvalue weighted by Gasteiger charge is 2.08. The molecule has 2 aromatic heterocycles. The Morgan fingerprint density at radius 1 is 1.21 bits per heavy atom. The van der Waals surface area contributed by atoms with Gasteiger partial charge in [-0.05, 0) is 24.6 Å². The van der Waals surface area contributed by atoms with Crippen LogP contribution < -0.4 is 0 Å². The average molecular weight is 252 g/mol. The summed E-state index contributed by atoms with van der Waals surface area (Å²) in [5.41, 5.74) is 3.88. The van der Waals surface area contributed by atoms with Gasteiger partial charge in [-0.1, -0.05) is 6.07 Å². The Morgan fingerprint density at radius 3 is 2.74 bits per heavy atom. The summed E-state index contributed by atoms with van der Waals surface area (Å²) in [5.74, 6) is 0. The van der Waals surface area contributed by atoms with E-state index in [9.17, 15) is 4.79 Å². The maximum absolute atomic E-state index is 10.6. The lowest BCUT2D eigenvalue weighted by Crippen LogP contribution is -2.00. The third-order valence-corrected chi connectivity index (χ3v) is 3.08. The number of rotatable bonds is 3. The maximum Gasteiger partial charge on any atom is 0.141 e. The first-order chi connectivity index (χ1) is 9.29. The lowest BCUT2D eigenvalue weighted by Gasteiger charge is -2.02. The van der Waals surface area contributed by atoms with Gasteiger partial charge in [-0.25, -0.2) is 9.97 Å². The van der Waals surface area contributed by atoms with Crippen molar-refractivity contribution >= 4 is 17.2 Å². The largest absolute Gasteiger partial charge is 0.301 e. The van der Waals surface area contributed by atoms with E-state index in [0.29, 0.717) is 0 Å². The molecule has 0 unspecified atom stereocenters. The van der Waals surface area contributed by atoms with Crippen LogP contribution in [0.25, 0.3) is 22.0 Å². The number of fused-ring (bicyclic) bond motifs is 1. The Balaban J connectivity index is 2.16. The Kier molecular flexibility index (Phi) is 2.79. The summed E-state index contributed by atoms with van der Waals surface area (Å²) in [4.78, 5) is 18.7. The smallest absolute Gasteiger partial charge is 0.141 e. The normalized spacial score (nSPS) is 10.8. The number of carbonyl (C=O) groups excluding carboxylic acids is 1. The monoisotopic (exact) mass is 252 g/mol. The van der Waals surface area contributed by atoms with Crippen LogP contribution in [0, 0.1) is 6.92 Å². The number of nitrogens with zero attached hydrogens (tertiary/aromatic N) is 4. The van der Waals surface area contributed by atoms with Gasteiger partial charge in [0.25, 0.3) is 0 Å². The van der Waals surface area contributed by atoms with Crippen LogP contribution in [-0.2, 0) is 11.3 Å². The molecule has 0 atom stereocenters. The molecule has 0 radical (unpaired) electrons. The molecular formula is C14H12N4O. The molecule has 0 saturated heterocycles. The molecule has 5 nitrogen and oxygen atoms in total. The fourth-order valence-electron chi connectivity index (χ4n) is 2.18. The minimum absolute atomic E-state index is 0.276. The zero-order valence-electron chi connectivity index (χ0n) is 10.4. The van der Waals surface area contributed by atoms with Crippen molar-refractivity contribution in [3.8, 4) is 11.1 Å². The van der Waals surface area contributed by atoms with Crippen LogP contribution in [-0.4, -0.2) is 26.0 Å². The van der Waals surface area contributed by atoms with Gasteiger partial charge in [0.1, 0.15) is 12.6 Å². The third-order valence-electron chi connectivity index (χ3n) is 3.08. The molecule has 0 fully saturated rings. The van der Waals surface area contributed by atoms with Crippen LogP contribution >= 0.6 is 0 Å². The van der Waals surface area contributed by atoms with Gasteiger partial charge in [0.15, 0.2) is 0 Å². The Morgan fingerprint density at radius 2 is 2.00 bits per heavy atom. The highest BCUT2D eigenvalue weighted by molar-refractivity contribution is 5.87. The summed E-state index contributed by atoms with van der Waals surface area (Å²) < 4.78 is 1.71. The van der Waals surface area contributed by atoms with Crippen LogP contribution in [0.2, 0.25) is 0 Å². The van der Waals surface area contributed by atoms with E-state index in [4.69, 9.17) is 0 Å². The number of benzene rings is 1. The van der Waals surface area contributed by atoms with E-state index in [2.05, 4.69) is 21.1 Å². The quantitative estimate of drug-likeness (QED) is 0.669. The van der Waals surface area contributed by atoms with E-state index in [1.165, 1.54) is 6.33 Å². The molecule has 0 spiro atoms. The molecule has 3 aromatic rings. The van der Waals surface area contributed by atoms with Crippen molar-refractivity contribution < 1.29 is 4.79 Å². The van der Waals surface area contributed by atoms with Gasteiger partial charge < -0.3 is 4.79 Å². The van der Waals surface area contributed by atoms with Gasteiger partial charge in [0, 0.05) is 23.3 Å². The third kappa shape index (κ3) is 1.99. The number of carbonyl (C=O) groups is 1. The zero-order valence-corrected chi connectivity index (χ0v) is 10.4. The molecule has 5 heteroatoms. The molecule has 0 aliphatic heterocycles. The van der Waals surface area contributed by atoms with E-state index >= 15 is 0 Å². The topological polar surface area (TPSA) is 60.7 Å². The standard InChI is InChI=1S/C14H12N4O/c1-10-13-6-11(12-7-15-9-16-8-12)2-3-14(13)18(17-10)4-5-19/h2-3,5-9H,4H2,1H3. The minimum Gasteiger partial charge on any atom is -0.301 e. The van der Waals surface area contributed by atoms with E-state index in [-0.39, 0.29) is 6.54 Å². The molecule has 0 aliphatic rings. The first kappa shape index (κ1) is 11.5. The second kappa shape index (κ2) is 4.61. The van der Waals surface area contributed by atoms with E-state index < -0.39 is 0 Å². The molecule has 19 heavy (non-hydrogen) atoms. The number of aryl methyl sites for hydroxylation is 1. The summed E-state index contributed by atoms with van der Waals surface area (Å²) in [6.07, 6.45) is 5.92. The van der Waals surface area contributed by atoms with Gasteiger partial charge in [0.05, 0.1) is 17.8 Å². The van der Waals surface area contributed by atoms with Crippen LogP contribution in [0.3, 0.4) is 0 Å². The number of hydrogen-bond donors (Lipinski definition) is 0. The average Bonchev–Trinajstić information content (AvgIpc) is 2.77. The Bertz CT molecular complexity index is 734. The molecule has 0 amide bonds. The van der Waals surface area contributed by atoms with Gasteiger partial charge in [0.2, 0.25) is 0 Å². The summed E-state index contributed by atoms with van der Waals surface area (Å²) in [7, 11) is 0. The van der Waals surface area contributed by atoms with Crippen molar-refractivity contribution in [2.75, 3.05) is 0 Å². The predicted octanol–water partition coefficient (Wildman–Crippen LogP) is 2.00. The molecule has 0 aliphatic carbocycles. The molecule has 0 bridgehead atoms. The Labute approximate surface area is 109 Å². The lowest BCUT2D eigenvalue weighted by atomic mass is 10.1. The van der Waals surface area contributed by atoms with Crippen molar-refractivity contribution in [1.82, 2.24) is 19.7 Å². The summed E-state index contributed by atoms with van der Waals surface area (Å²) in [5, 5.41) is 5.41.